The van der Waals surface area contributed by atoms with Gasteiger partial charge in [-0.15, -0.1) is 0 Å². The third-order valence-corrected chi connectivity index (χ3v) is 4.36. The molecule has 29 heavy (non-hydrogen) atoms. The number of nitrogens with zero attached hydrogens (tertiary/aromatic N) is 3. The molecule has 142 valence electrons. The van der Waals surface area contributed by atoms with Gasteiger partial charge in [0.25, 0.3) is 5.56 Å². The van der Waals surface area contributed by atoms with Crippen LogP contribution in [-0.4, -0.2) is 22.5 Å². The lowest BCUT2D eigenvalue weighted by atomic mass is 10.2. The van der Waals surface area contributed by atoms with Crippen molar-refractivity contribution in [2.45, 2.75) is 0 Å². The molecule has 1 aromatic heterocycles. The van der Waals surface area contributed by atoms with Crippen molar-refractivity contribution in [1.29, 1.82) is 0 Å². The van der Waals surface area contributed by atoms with Crippen molar-refractivity contribution < 1.29 is 4.74 Å². The molecule has 0 amide bonds. The number of hydrogen-bond acceptors (Lipinski definition) is 4. The highest BCUT2D eigenvalue weighted by atomic mass is 16.5. The lowest BCUT2D eigenvalue weighted by molar-refractivity contribution is 0.363. The first-order valence-electron chi connectivity index (χ1n) is 9.21. The average molecular weight is 381 g/mol. The Labute approximate surface area is 168 Å². The van der Waals surface area contributed by atoms with E-state index in [0.717, 1.165) is 16.9 Å². The molecule has 0 aliphatic heterocycles. The smallest absolute Gasteiger partial charge is 0.282 e. The summed E-state index contributed by atoms with van der Waals surface area (Å²) in [4.78, 5) is 17.8. The van der Waals surface area contributed by atoms with Gasteiger partial charge in [-0.2, -0.15) is 9.78 Å². The molecular weight excluding hydrogens is 362 g/mol. The van der Waals surface area contributed by atoms with E-state index < -0.39 is 0 Å². The van der Waals surface area contributed by atoms with Crippen molar-refractivity contribution in [3.05, 3.63) is 107 Å². The molecule has 0 N–H and O–H groups in total. The van der Waals surface area contributed by atoms with Crippen molar-refractivity contribution in [2.24, 2.45) is 5.10 Å². The number of benzene rings is 3. The molecule has 0 radical (unpaired) electrons. The minimum absolute atomic E-state index is 0.211. The first kappa shape index (κ1) is 18.4. The van der Waals surface area contributed by atoms with Crippen LogP contribution in [0, 0.1) is 0 Å². The first-order valence-corrected chi connectivity index (χ1v) is 9.21. The highest BCUT2D eigenvalue weighted by Gasteiger charge is 2.11. The zero-order valence-electron chi connectivity index (χ0n) is 15.7. The summed E-state index contributed by atoms with van der Waals surface area (Å²) in [6.07, 6.45) is 3.33. The average Bonchev–Trinajstić information content (AvgIpc) is 2.78. The molecule has 5 nitrogen and oxygen atoms in total. The van der Waals surface area contributed by atoms with Crippen LogP contribution in [0.5, 0.6) is 5.75 Å². The monoisotopic (exact) mass is 381 g/mol. The van der Waals surface area contributed by atoms with Crippen molar-refractivity contribution in [3.8, 4) is 17.1 Å². The summed E-state index contributed by atoms with van der Waals surface area (Å²) in [6, 6.07) is 24.3. The summed E-state index contributed by atoms with van der Waals surface area (Å²) >= 11 is 0. The van der Waals surface area contributed by atoms with Gasteiger partial charge in [-0.25, -0.2) is 4.98 Å². The summed E-state index contributed by atoms with van der Waals surface area (Å²) in [6.45, 7) is 4.09. The molecule has 0 aliphatic rings. The Morgan fingerprint density at radius 2 is 1.69 bits per heavy atom. The number of hydrogen-bond donors (Lipinski definition) is 0. The lowest BCUT2D eigenvalue weighted by Crippen LogP contribution is -2.20. The minimum atomic E-state index is -0.211. The molecule has 0 bridgehead atoms. The van der Waals surface area contributed by atoms with Crippen LogP contribution in [0.25, 0.3) is 22.3 Å². The van der Waals surface area contributed by atoms with Crippen LogP contribution < -0.4 is 10.3 Å². The zero-order valence-corrected chi connectivity index (χ0v) is 15.7. The van der Waals surface area contributed by atoms with Gasteiger partial charge in [0.15, 0.2) is 5.82 Å². The predicted octanol–water partition coefficient (Wildman–Crippen LogP) is 4.51. The predicted molar refractivity (Wildman–Crippen MR) is 117 cm³/mol. The molecule has 0 spiro atoms. The van der Waals surface area contributed by atoms with Crippen LogP contribution in [0.4, 0.5) is 0 Å². The number of aromatic nitrogens is 2. The van der Waals surface area contributed by atoms with E-state index in [1.807, 2.05) is 72.8 Å². The van der Waals surface area contributed by atoms with Crippen LogP contribution in [-0.2, 0) is 0 Å². The van der Waals surface area contributed by atoms with E-state index in [-0.39, 0.29) is 5.56 Å². The molecule has 0 atom stereocenters. The highest BCUT2D eigenvalue weighted by Crippen LogP contribution is 2.18. The van der Waals surface area contributed by atoms with Crippen molar-refractivity contribution in [1.82, 2.24) is 9.66 Å². The molecule has 5 heteroatoms. The van der Waals surface area contributed by atoms with E-state index in [4.69, 9.17) is 4.74 Å². The Balaban J connectivity index is 1.78. The van der Waals surface area contributed by atoms with Crippen LogP contribution >= 0.6 is 0 Å². The molecule has 0 fully saturated rings. The molecule has 3 aromatic carbocycles. The Bertz CT molecular complexity index is 1230. The first-order chi connectivity index (χ1) is 14.3. The van der Waals surface area contributed by atoms with Crippen LogP contribution in [0.3, 0.4) is 0 Å². The second-order valence-electron chi connectivity index (χ2n) is 6.35. The van der Waals surface area contributed by atoms with E-state index in [1.165, 1.54) is 4.68 Å². The van der Waals surface area contributed by atoms with E-state index in [2.05, 4.69) is 16.7 Å². The van der Waals surface area contributed by atoms with Crippen molar-refractivity contribution in [2.75, 3.05) is 6.61 Å². The summed E-state index contributed by atoms with van der Waals surface area (Å²) < 4.78 is 6.84. The lowest BCUT2D eigenvalue weighted by Gasteiger charge is -2.09. The van der Waals surface area contributed by atoms with Gasteiger partial charge < -0.3 is 4.74 Å². The second-order valence-corrected chi connectivity index (χ2v) is 6.35. The normalized spacial score (nSPS) is 11.0. The highest BCUT2D eigenvalue weighted by molar-refractivity contribution is 5.82. The van der Waals surface area contributed by atoms with Gasteiger partial charge in [0, 0.05) is 5.56 Å². The zero-order chi connectivity index (χ0) is 20.1. The van der Waals surface area contributed by atoms with Crippen LogP contribution in [0.2, 0.25) is 0 Å². The summed E-state index contributed by atoms with van der Waals surface area (Å²) in [7, 11) is 0. The molecule has 1 heterocycles. The fourth-order valence-electron chi connectivity index (χ4n) is 2.93. The van der Waals surface area contributed by atoms with Crippen LogP contribution in [0.1, 0.15) is 5.56 Å². The Kier molecular flexibility index (Phi) is 5.29. The minimum Gasteiger partial charge on any atom is -0.490 e. The molecule has 4 aromatic rings. The van der Waals surface area contributed by atoms with Crippen LogP contribution in [0.15, 0.2) is 101 Å². The fraction of sp³-hybridized carbons (Fsp3) is 0.0417. The largest absolute Gasteiger partial charge is 0.490 e. The number of rotatable bonds is 6. The van der Waals surface area contributed by atoms with Gasteiger partial charge in [-0.05, 0) is 42.0 Å². The van der Waals surface area contributed by atoms with Crippen molar-refractivity contribution in [3.63, 3.8) is 0 Å². The Morgan fingerprint density at radius 1 is 0.966 bits per heavy atom. The molecule has 0 aliphatic carbocycles. The van der Waals surface area contributed by atoms with Gasteiger partial charge in [-0.1, -0.05) is 55.1 Å². The maximum absolute atomic E-state index is 13.1. The second kappa shape index (κ2) is 8.35. The summed E-state index contributed by atoms with van der Waals surface area (Å²) in [5, 5.41) is 4.98. The molecule has 0 saturated heterocycles. The van der Waals surface area contributed by atoms with Gasteiger partial charge in [0.05, 0.1) is 17.1 Å². The van der Waals surface area contributed by atoms with E-state index in [1.54, 1.807) is 18.4 Å². The Morgan fingerprint density at radius 3 is 2.45 bits per heavy atom. The SMILES string of the molecule is C=CCOc1ccc(/C=N/n2c(-c3ccccc3)nc3ccccc3c2=O)cc1. The van der Waals surface area contributed by atoms with Gasteiger partial charge >= 0.3 is 0 Å². The van der Waals surface area contributed by atoms with Gasteiger partial charge in [0.2, 0.25) is 0 Å². The van der Waals surface area contributed by atoms with Gasteiger partial charge in [-0.3, -0.25) is 4.79 Å². The number of para-hydroxylation sites is 1. The van der Waals surface area contributed by atoms with Crippen molar-refractivity contribution >= 4 is 17.1 Å². The topological polar surface area (TPSA) is 56.5 Å². The standard InChI is InChI=1S/C24H19N3O2/c1-2-16-29-20-14-12-18(13-15-20)17-25-27-23(19-8-4-3-5-9-19)26-22-11-7-6-10-21(22)24(27)28/h2-15,17H,1,16H2/b25-17+. The fourth-order valence-corrected chi connectivity index (χ4v) is 2.93. The molecular formula is C24H19N3O2. The summed E-state index contributed by atoms with van der Waals surface area (Å²) in [5.41, 5.74) is 2.10. The summed E-state index contributed by atoms with van der Waals surface area (Å²) in [5.74, 6) is 1.24. The Hall–Kier alpha value is -3.99. The van der Waals surface area contributed by atoms with E-state index in [0.29, 0.717) is 23.3 Å². The molecule has 0 unspecified atom stereocenters. The third kappa shape index (κ3) is 3.99. The maximum atomic E-state index is 13.1. The quantitative estimate of drug-likeness (QED) is 0.365. The number of ether oxygens (including phenoxy) is 1. The van der Waals surface area contributed by atoms with E-state index in [9.17, 15) is 4.79 Å². The van der Waals surface area contributed by atoms with E-state index >= 15 is 0 Å². The molecule has 4 rings (SSSR count). The molecule has 0 saturated carbocycles. The maximum Gasteiger partial charge on any atom is 0.282 e. The third-order valence-electron chi connectivity index (χ3n) is 4.36. The van der Waals surface area contributed by atoms with Gasteiger partial charge in [0.1, 0.15) is 12.4 Å². The number of fused-ring (bicyclic) bond motifs is 1.